The van der Waals surface area contributed by atoms with Crippen LogP contribution in [0.1, 0.15) is 28.4 Å². The van der Waals surface area contributed by atoms with Crippen LogP contribution in [-0.2, 0) is 16.1 Å². The van der Waals surface area contributed by atoms with Gasteiger partial charge in [0.25, 0.3) is 0 Å². The van der Waals surface area contributed by atoms with Gasteiger partial charge in [-0.2, -0.15) is 0 Å². The van der Waals surface area contributed by atoms with Crippen molar-refractivity contribution in [2.75, 3.05) is 11.9 Å². The van der Waals surface area contributed by atoms with Gasteiger partial charge in [0.1, 0.15) is 17.4 Å². The van der Waals surface area contributed by atoms with E-state index in [2.05, 4.69) is 5.32 Å². The van der Waals surface area contributed by atoms with Crippen LogP contribution in [0.15, 0.2) is 97.1 Å². The SMILES string of the molecule is CCOC(=O)c1cc(-c2ccccc2)sc1NC(=O)C=Cc1ccc(OCc2ccccc2)cc1. The molecule has 0 saturated heterocycles. The minimum Gasteiger partial charge on any atom is -0.489 e. The van der Waals surface area contributed by atoms with E-state index in [1.807, 2.05) is 84.9 Å². The van der Waals surface area contributed by atoms with E-state index in [1.165, 1.54) is 17.4 Å². The highest BCUT2D eigenvalue weighted by Crippen LogP contribution is 2.36. The van der Waals surface area contributed by atoms with Gasteiger partial charge in [-0.05, 0) is 47.9 Å². The number of hydrogen-bond donors (Lipinski definition) is 1. The van der Waals surface area contributed by atoms with Crippen LogP contribution in [0.2, 0.25) is 0 Å². The zero-order valence-corrected chi connectivity index (χ0v) is 20.1. The minimum absolute atomic E-state index is 0.258. The number of ether oxygens (including phenoxy) is 2. The van der Waals surface area contributed by atoms with Gasteiger partial charge in [0.2, 0.25) is 5.91 Å². The molecule has 0 atom stereocenters. The van der Waals surface area contributed by atoms with Crippen molar-refractivity contribution in [3.63, 3.8) is 0 Å². The summed E-state index contributed by atoms with van der Waals surface area (Å²) in [5.74, 6) is -0.0423. The Morgan fingerprint density at radius 3 is 2.29 bits per heavy atom. The molecular formula is C29H25NO4S. The van der Waals surface area contributed by atoms with Crippen LogP contribution >= 0.6 is 11.3 Å². The topological polar surface area (TPSA) is 64.6 Å². The van der Waals surface area contributed by atoms with Gasteiger partial charge in [-0.1, -0.05) is 72.8 Å². The molecule has 0 aliphatic carbocycles. The van der Waals surface area contributed by atoms with E-state index in [0.29, 0.717) is 17.2 Å². The lowest BCUT2D eigenvalue weighted by molar-refractivity contribution is -0.111. The monoisotopic (exact) mass is 483 g/mol. The Bertz CT molecular complexity index is 1300. The van der Waals surface area contributed by atoms with Crippen molar-refractivity contribution in [2.45, 2.75) is 13.5 Å². The van der Waals surface area contributed by atoms with Crippen LogP contribution in [0.5, 0.6) is 5.75 Å². The summed E-state index contributed by atoms with van der Waals surface area (Å²) < 4.78 is 11.0. The molecule has 0 bridgehead atoms. The molecular weight excluding hydrogens is 458 g/mol. The van der Waals surface area contributed by atoms with Gasteiger partial charge < -0.3 is 14.8 Å². The van der Waals surface area contributed by atoms with Gasteiger partial charge in [-0.15, -0.1) is 11.3 Å². The second-order valence-corrected chi connectivity index (χ2v) is 8.66. The molecule has 0 aliphatic rings. The second kappa shape index (κ2) is 11.8. The number of anilines is 1. The number of carbonyl (C=O) groups is 2. The van der Waals surface area contributed by atoms with Gasteiger partial charge in [0.05, 0.1) is 12.2 Å². The van der Waals surface area contributed by atoms with E-state index in [0.717, 1.165) is 27.3 Å². The lowest BCUT2D eigenvalue weighted by Crippen LogP contribution is -2.11. The Labute approximate surface area is 208 Å². The second-order valence-electron chi connectivity index (χ2n) is 7.61. The van der Waals surface area contributed by atoms with Crippen molar-refractivity contribution in [1.29, 1.82) is 0 Å². The highest BCUT2D eigenvalue weighted by Gasteiger charge is 2.19. The fourth-order valence-electron chi connectivity index (χ4n) is 3.33. The van der Waals surface area contributed by atoms with Crippen molar-refractivity contribution in [3.8, 4) is 16.2 Å². The molecule has 0 spiro atoms. The number of hydrogen-bond acceptors (Lipinski definition) is 5. The molecule has 0 aliphatic heterocycles. The summed E-state index contributed by atoms with van der Waals surface area (Å²) >= 11 is 1.34. The molecule has 1 N–H and O–H groups in total. The van der Waals surface area contributed by atoms with Gasteiger partial charge in [-0.3, -0.25) is 4.79 Å². The molecule has 3 aromatic carbocycles. The van der Waals surface area contributed by atoms with Crippen molar-refractivity contribution in [2.24, 2.45) is 0 Å². The van der Waals surface area contributed by atoms with Gasteiger partial charge in [-0.25, -0.2) is 4.79 Å². The van der Waals surface area contributed by atoms with E-state index in [-0.39, 0.29) is 12.5 Å². The van der Waals surface area contributed by atoms with E-state index < -0.39 is 5.97 Å². The quantitative estimate of drug-likeness (QED) is 0.209. The molecule has 176 valence electrons. The smallest absolute Gasteiger partial charge is 0.341 e. The summed E-state index contributed by atoms with van der Waals surface area (Å²) in [4.78, 5) is 25.9. The predicted molar refractivity (Wildman–Crippen MR) is 141 cm³/mol. The van der Waals surface area contributed by atoms with Crippen LogP contribution in [0.4, 0.5) is 5.00 Å². The first-order chi connectivity index (χ1) is 17.1. The molecule has 1 heterocycles. The van der Waals surface area contributed by atoms with Crippen LogP contribution in [0.3, 0.4) is 0 Å². The number of rotatable bonds is 9. The van der Waals surface area contributed by atoms with Crippen LogP contribution < -0.4 is 10.1 Å². The molecule has 0 saturated carbocycles. The average molecular weight is 484 g/mol. The summed E-state index contributed by atoms with van der Waals surface area (Å²) in [5, 5.41) is 3.29. The summed E-state index contributed by atoms with van der Waals surface area (Å²) in [7, 11) is 0. The van der Waals surface area contributed by atoms with Crippen LogP contribution in [-0.4, -0.2) is 18.5 Å². The maximum atomic E-state index is 12.6. The third kappa shape index (κ3) is 6.68. The number of benzene rings is 3. The molecule has 4 aromatic rings. The lowest BCUT2D eigenvalue weighted by Gasteiger charge is -2.06. The first-order valence-electron chi connectivity index (χ1n) is 11.2. The van der Waals surface area contributed by atoms with Gasteiger partial charge in [0.15, 0.2) is 0 Å². The molecule has 5 nitrogen and oxygen atoms in total. The Balaban J connectivity index is 1.41. The minimum atomic E-state index is -0.462. The fraction of sp³-hybridized carbons (Fsp3) is 0.103. The Morgan fingerprint density at radius 1 is 0.914 bits per heavy atom. The molecule has 0 fully saturated rings. The van der Waals surface area contributed by atoms with Crippen molar-refractivity contribution >= 4 is 34.3 Å². The lowest BCUT2D eigenvalue weighted by atomic mass is 10.1. The van der Waals surface area contributed by atoms with E-state index in [9.17, 15) is 9.59 Å². The van der Waals surface area contributed by atoms with Crippen LogP contribution in [0, 0.1) is 0 Å². The molecule has 6 heteroatoms. The first-order valence-corrected chi connectivity index (χ1v) is 12.1. The Kier molecular flexibility index (Phi) is 8.09. The van der Waals surface area contributed by atoms with Crippen LogP contribution in [0.25, 0.3) is 16.5 Å². The Morgan fingerprint density at radius 2 is 1.60 bits per heavy atom. The van der Waals surface area contributed by atoms with Gasteiger partial charge >= 0.3 is 5.97 Å². The van der Waals surface area contributed by atoms with E-state index >= 15 is 0 Å². The molecule has 0 radical (unpaired) electrons. The number of carbonyl (C=O) groups excluding carboxylic acids is 2. The maximum Gasteiger partial charge on any atom is 0.341 e. The molecule has 4 rings (SSSR count). The van der Waals surface area contributed by atoms with Crippen molar-refractivity contribution in [3.05, 3.63) is 114 Å². The largest absolute Gasteiger partial charge is 0.489 e. The molecule has 0 unspecified atom stereocenters. The fourth-order valence-corrected chi connectivity index (χ4v) is 4.39. The number of thiophene rings is 1. The normalized spacial score (nSPS) is 10.8. The van der Waals surface area contributed by atoms with Gasteiger partial charge in [0, 0.05) is 11.0 Å². The third-order valence-electron chi connectivity index (χ3n) is 5.08. The number of amides is 1. The zero-order chi connectivity index (χ0) is 24.5. The maximum absolute atomic E-state index is 12.6. The number of esters is 1. The number of nitrogens with one attached hydrogen (secondary N) is 1. The third-order valence-corrected chi connectivity index (χ3v) is 6.18. The first kappa shape index (κ1) is 24.0. The zero-order valence-electron chi connectivity index (χ0n) is 19.3. The average Bonchev–Trinajstić information content (AvgIpc) is 3.32. The predicted octanol–water partition coefficient (Wildman–Crippen LogP) is 6.82. The molecule has 35 heavy (non-hydrogen) atoms. The standard InChI is InChI=1S/C29H25NO4S/c1-2-33-29(32)25-19-26(23-11-7-4-8-12-23)35-28(25)30-27(31)18-15-21-13-16-24(17-14-21)34-20-22-9-5-3-6-10-22/h3-19H,2,20H2,1H3,(H,30,31). The summed E-state index contributed by atoms with van der Waals surface area (Å²) in [6.07, 6.45) is 3.16. The highest BCUT2D eigenvalue weighted by molar-refractivity contribution is 7.20. The molecule has 1 amide bonds. The summed E-state index contributed by atoms with van der Waals surface area (Å²) in [6.45, 7) is 2.50. The Hall–Kier alpha value is -4.16. The highest BCUT2D eigenvalue weighted by atomic mass is 32.1. The summed E-state index contributed by atoms with van der Waals surface area (Å²) in [6, 6.07) is 28.9. The summed E-state index contributed by atoms with van der Waals surface area (Å²) in [5.41, 5.74) is 3.26. The van der Waals surface area contributed by atoms with Crippen molar-refractivity contribution in [1.82, 2.24) is 0 Å². The van der Waals surface area contributed by atoms with Crippen molar-refractivity contribution < 1.29 is 19.1 Å². The van der Waals surface area contributed by atoms with E-state index in [1.54, 1.807) is 19.1 Å². The molecule has 1 aromatic heterocycles. The van der Waals surface area contributed by atoms with E-state index in [4.69, 9.17) is 9.47 Å².